The van der Waals surface area contributed by atoms with Crippen molar-refractivity contribution in [3.05, 3.63) is 229 Å². The highest BCUT2D eigenvalue weighted by molar-refractivity contribution is 6.00. The molecule has 0 aliphatic heterocycles. The van der Waals surface area contributed by atoms with Crippen LogP contribution in [0.15, 0.2) is 206 Å². The molecule has 260 valence electrons. The molecule has 2 nitrogen and oxygen atoms in total. The SMILES string of the molecule is Cc1ccc2c(N(c3ccccc3)c3ccc(C4=CCC(c5ccccc5)(N(c5ccccc5)c5cccc6cc(C)ccc56)C=C4)cc3)cccc2c1. The largest absolute Gasteiger partial charge is 0.327 e. The maximum Gasteiger partial charge on any atom is 0.0924 e. The molecule has 0 aromatic heterocycles. The highest BCUT2D eigenvalue weighted by atomic mass is 15.2. The fraction of sp³-hybridized carbons (Fsp3) is 0.0769. The van der Waals surface area contributed by atoms with Gasteiger partial charge in [0.2, 0.25) is 0 Å². The molecule has 0 bridgehead atoms. The van der Waals surface area contributed by atoms with Gasteiger partial charge in [-0.05, 0) is 96.3 Å². The lowest BCUT2D eigenvalue weighted by atomic mass is 9.78. The topological polar surface area (TPSA) is 6.48 Å². The average Bonchev–Trinajstić information content (AvgIpc) is 3.22. The standard InChI is InChI=1S/C52H42N2/c1-38-24-30-48-42(36-38)14-12-22-50(48)53(45-18-8-4-9-19-45)46-28-26-40(27-29-46)41-32-34-52(35-33-41,44-16-6-3-7-17-44)54(47-20-10-5-11-21-47)51-23-13-15-43-37-39(2)25-31-49(43)51/h3-34,36-37H,35H2,1-2H3. The Balaban J connectivity index is 1.13. The molecule has 1 atom stereocenters. The molecule has 1 unspecified atom stereocenters. The van der Waals surface area contributed by atoms with Crippen molar-refractivity contribution in [2.45, 2.75) is 25.8 Å². The number of hydrogen-bond donors (Lipinski definition) is 0. The Labute approximate surface area is 318 Å². The molecule has 1 aliphatic rings. The van der Waals surface area contributed by atoms with Gasteiger partial charge in [0.15, 0.2) is 0 Å². The Morgan fingerprint density at radius 2 is 1.00 bits per heavy atom. The number of aryl methyl sites for hydroxylation is 2. The Hall–Kier alpha value is -6.64. The van der Waals surface area contributed by atoms with Crippen LogP contribution in [0.4, 0.5) is 28.4 Å². The fourth-order valence-corrected chi connectivity index (χ4v) is 8.21. The third-order valence-electron chi connectivity index (χ3n) is 10.8. The number of para-hydroxylation sites is 2. The van der Waals surface area contributed by atoms with E-state index in [1.165, 1.54) is 60.7 Å². The Morgan fingerprint density at radius 1 is 0.463 bits per heavy atom. The molecule has 2 heteroatoms. The van der Waals surface area contributed by atoms with E-state index in [0.29, 0.717) is 0 Å². The molecule has 9 rings (SSSR count). The number of fused-ring (bicyclic) bond motifs is 2. The first kappa shape index (κ1) is 33.2. The molecule has 8 aromatic carbocycles. The van der Waals surface area contributed by atoms with E-state index < -0.39 is 5.54 Å². The summed E-state index contributed by atoms with van der Waals surface area (Å²) >= 11 is 0. The van der Waals surface area contributed by atoms with E-state index in [9.17, 15) is 0 Å². The lowest BCUT2D eigenvalue weighted by molar-refractivity contribution is 0.549. The van der Waals surface area contributed by atoms with Gasteiger partial charge >= 0.3 is 0 Å². The van der Waals surface area contributed by atoms with Crippen molar-refractivity contribution < 1.29 is 0 Å². The van der Waals surface area contributed by atoms with Crippen LogP contribution in [0.1, 0.15) is 28.7 Å². The van der Waals surface area contributed by atoms with E-state index in [1.807, 2.05) is 0 Å². The molecular formula is C52H42N2. The van der Waals surface area contributed by atoms with Crippen molar-refractivity contribution in [2.24, 2.45) is 0 Å². The summed E-state index contributed by atoms with van der Waals surface area (Å²) in [6.07, 6.45) is 7.99. The minimum atomic E-state index is -0.456. The Morgan fingerprint density at radius 3 is 1.59 bits per heavy atom. The smallest absolute Gasteiger partial charge is 0.0924 e. The molecule has 8 aromatic rings. The number of benzene rings is 8. The van der Waals surface area contributed by atoms with Crippen molar-refractivity contribution >= 4 is 55.6 Å². The zero-order valence-electron chi connectivity index (χ0n) is 30.7. The summed E-state index contributed by atoms with van der Waals surface area (Å²) in [5.74, 6) is 0. The molecule has 1 aliphatic carbocycles. The lowest BCUT2D eigenvalue weighted by Crippen LogP contribution is -2.42. The molecule has 0 fully saturated rings. The highest BCUT2D eigenvalue weighted by Crippen LogP contribution is 2.48. The first-order chi connectivity index (χ1) is 26.6. The van der Waals surface area contributed by atoms with Gasteiger partial charge < -0.3 is 9.80 Å². The zero-order chi connectivity index (χ0) is 36.5. The van der Waals surface area contributed by atoms with Crippen LogP contribution in [-0.4, -0.2) is 0 Å². The predicted octanol–water partition coefficient (Wildman–Crippen LogP) is 14.2. The van der Waals surface area contributed by atoms with Crippen LogP contribution in [-0.2, 0) is 5.54 Å². The second-order valence-corrected chi connectivity index (χ2v) is 14.4. The maximum absolute atomic E-state index is 2.55. The van der Waals surface area contributed by atoms with Gasteiger partial charge in [-0.25, -0.2) is 0 Å². The molecule has 0 saturated heterocycles. The van der Waals surface area contributed by atoms with Gasteiger partial charge in [0.25, 0.3) is 0 Å². The highest BCUT2D eigenvalue weighted by Gasteiger charge is 2.39. The van der Waals surface area contributed by atoms with Crippen molar-refractivity contribution in [1.29, 1.82) is 0 Å². The van der Waals surface area contributed by atoms with E-state index in [0.717, 1.165) is 23.5 Å². The molecule has 0 N–H and O–H groups in total. The molecule has 0 spiro atoms. The maximum atomic E-state index is 2.55. The molecule has 0 heterocycles. The van der Waals surface area contributed by atoms with Crippen LogP contribution in [0.25, 0.3) is 27.1 Å². The van der Waals surface area contributed by atoms with E-state index in [4.69, 9.17) is 0 Å². The minimum absolute atomic E-state index is 0.456. The minimum Gasteiger partial charge on any atom is -0.327 e. The number of allylic oxidation sites excluding steroid dienone is 2. The third-order valence-corrected chi connectivity index (χ3v) is 10.8. The second-order valence-electron chi connectivity index (χ2n) is 14.4. The van der Waals surface area contributed by atoms with Crippen molar-refractivity contribution in [3.8, 4) is 0 Å². The first-order valence-electron chi connectivity index (χ1n) is 18.8. The van der Waals surface area contributed by atoms with E-state index >= 15 is 0 Å². The van der Waals surface area contributed by atoms with Crippen LogP contribution in [0.5, 0.6) is 0 Å². The van der Waals surface area contributed by atoms with Gasteiger partial charge in [-0.2, -0.15) is 0 Å². The average molecular weight is 695 g/mol. The lowest BCUT2D eigenvalue weighted by Gasteiger charge is -2.45. The number of rotatable bonds is 8. The van der Waals surface area contributed by atoms with E-state index in [-0.39, 0.29) is 0 Å². The molecule has 0 amide bonds. The van der Waals surface area contributed by atoms with Gasteiger partial charge in [-0.15, -0.1) is 0 Å². The van der Waals surface area contributed by atoms with Crippen molar-refractivity contribution in [1.82, 2.24) is 0 Å². The number of hydrogen-bond acceptors (Lipinski definition) is 2. The fourth-order valence-electron chi connectivity index (χ4n) is 8.21. The van der Waals surface area contributed by atoms with Crippen LogP contribution in [0, 0.1) is 13.8 Å². The molecular weight excluding hydrogens is 653 g/mol. The number of anilines is 5. The monoisotopic (exact) mass is 694 g/mol. The summed E-state index contributed by atoms with van der Waals surface area (Å²) in [6, 6.07) is 68.4. The van der Waals surface area contributed by atoms with Gasteiger partial charge in [0.05, 0.1) is 16.9 Å². The summed E-state index contributed by atoms with van der Waals surface area (Å²) in [6.45, 7) is 4.32. The quantitative estimate of drug-likeness (QED) is 0.156. The van der Waals surface area contributed by atoms with Gasteiger partial charge in [-0.1, -0.05) is 169 Å². The van der Waals surface area contributed by atoms with Gasteiger partial charge in [-0.3, -0.25) is 0 Å². The summed E-state index contributed by atoms with van der Waals surface area (Å²) in [7, 11) is 0. The van der Waals surface area contributed by atoms with Crippen LogP contribution < -0.4 is 9.80 Å². The van der Waals surface area contributed by atoms with Crippen LogP contribution in [0.2, 0.25) is 0 Å². The molecule has 54 heavy (non-hydrogen) atoms. The summed E-state index contributed by atoms with van der Waals surface area (Å²) in [5, 5.41) is 4.96. The van der Waals surface area contributed by atoms with Crippen molar-refractivity contribution in [2.75, 3.05) is 9.80 Å². The molecule has 0 saturated carbocycles. The van der Waals surface area contributed by atoms with Gasteiger partial charge in [0, 0.05) is 27.8 Å². The first-order valence-corrected chi connectivity index (χ1v) is 18.8. The Kier molecular flexibility index (Phi) is 8.65. The molecule has 0 radical (unpaired) electrons. The van der Waals surface area contributed by atoms with E-state index in [2.05, 4.69) is 230 Å². The Bertz CT molecular complexity index is 2640. The van der Waals surface area contributed by atoms with Crippen molar-refractivity contribution in [3.63, 3.8) is 0 Å². The zero-order valence-corrected chi connectivity index (χ0v) is 30.7. The third kappa shape index (κ3) is 6.06. The summed E-state index contributed by atoms with van der Waals surface area (Å²) < 4.78 is 0. The number of nitrogens with zero attached hydrogens (tertiary/aromatic N) is 2. The van der Waals surface area contributed by atoms with Crippen LogP contribution >= 0.6 is 0 Å². The van der Waals surface area contributed by atoms with Gasteiger partial charge in [0.1, 0.15) is 0 Å². The normalized spacial score (nSPS) is 15.3. The summed E-state index contributed by atoms with van der Waals surface area (Å²) in [4.78, 5) is 4.92. The van der Waals surface area contributed by atoms with Crippen LogP contribution in [0.3, 0.4) is 0 Å². The summed E-state index contributed by atoms with van der Waals surface area (Å²) in [5.41, 5.74) is 11.5. The second kappa shape index (κ2) is 14.1. The predicted molar refractivity (Wildman–Crippen MR) is 230 cm³/mol. The van der Waals surface area contributed by atoms with E-state index in [1.54, 1.807) is 0 Å².